The summed E-state index contributed by atoms with van der Waals surface area (Å²) in [7, 11) is 0. The molecular formula is C23H23FN2O4. The van der Waals surface area contributed by atoms with Crippen molar-refractivity contribution < 1.29 is 23.5 Å². The Morgan fingerprint density at radius 2 is 1.80 bits per heavy atom. The molecule has 2 atom stereocenters. The molecule has 30 heavy (non-hydrogen) atoms. The van der Waals surface area contributed by atoms with Gasteiger partial charge in [0.2, 0.25) is 0 Å². The van der Waals surface area contributed by atoms with E-state index in [9.17, 15) is 18.8 Å². The highest BCUT2D eigenvalue weighted by Crippen LogP contribution is 2.41. The number of likely N-dealkylation sites (N-methyl/N-ethyl adjacent to an activating group) is 1. The van der Waals surface area contributed by atoms with Gasteiger partial charge < -0.3 is 14.5 Å². The number of amides is 2. The number of Topliss-reactive ketones (excluding diaryl/α,β-unsaturated/α-hetero) is 1. The van der Waals surface area contributed by atoms with Crippen molar-refractivity contribution in [1.29, 1.82) is 0 Å². The maximum absolute atomic E-state index is 13.8. The van der Waals surface area contributed by atoms with Gasteiger partial charge in [-0.15, -0.1) is 0 Å². The summed E-state index contributed by atoms with van der Waals surface area (Å²) in [6.07, 6.45) is 0. The molecule has 4 rings (SSSR count). The first-order valence-corrected chi connectivity index (χ1v) is 9.96. The number of fused-ring (bicyclic) bond motifs is 2. The van der Waals surface area contributed by atoms with Gasteiger partial charge in [0.1, 0.15) is 0 Å². The van der Waals surface area contributed by atoms with Crippen LogP contribution in [0.2, 0.25) is 0 Å². The van der Waals surface area contributed by atoms with E-state index in [1.54, 1.807) is 41.3 Å². The third-order valence-electron chi connectivity index (χ3n) is 6.09. The molecule has 0 aromatic heterocycles. The topological polar surface area (TPSA) is 66.9 Å². The Morgan fingerprint density at radius 3 is 2.50 bits per heavy atom. The van der Waals surface area contributed by atoms with Gasteiger partial charge in [-0.05, 0) is 32.0 Å². The van der Waals surface area contributed by atoms with Crippen molar-refractivity contribution in [1.82, 2.24) is 9.80 Å². The highest BCUT2D eigenvalue weighted by molar-refractivity contribution is 6.12. The number of benzene rings is 2. The van der Waals surface area contributed by atoms with Gasteiger partial charge in [-0.25, -0.2) is 4.39 Å². The first-order chi connectivity index (χ1) is 14.4. The molecule has 2 heterocycles. The first kappa shape index (κ1) is 20.1. The molecular weight excluding hydrogens is 387 g/mol. The summed E-state index contributed by atoms with van der Waals surface area (Å²) in [6, 6.07) is 12.3. The summed E-state index contributed by atoms with van der Waals surface area (Å²) in [5, 5.41) is 0. The van der Waals surface area contributed by atoms with E-state index in [2.05, 4.69) is 0 Å². The van der Waals surface area contributed by atoms with E-state index in [4.69, 9.17) is 4.74 Å². The monoisotopic (exact) mass is 410 g/mol. The Kier molecular flexibility index (Phi) is 5.05. The lowest BCUT2D eigenvalue weighted by atomic mass is 9.78. The van der Waals surface area contributed by atoms with Crippen molar-refractivity contribution in [3.63, 3.8) is 0 Å². The summed E-state index contributed by atoms with van der Waals surface area (Å²) in [6.45, 7) is 4.16. The van der Waals surface area contributed by atoms with Crippen LogP contribution in [0.4, 0.5) is 4.39 Å². The molecule has 2 aliphatic rings. The molecule has 2 aromatic rings. The number of hydrogen-bond acceptors (Lipinski definition) is 4. The summed E-state index contributed by atoms with van der Waals surface area (Å²) in [5.74, 6) is -1.24. The third kappa shape index (κ3) is 3.14. The molecule has 156 valence electrons. The van der Waals surface area contributed by atoms with Gasteiger partial charge in [-0.2, -0.15) is 0 Å². The summed E-state index contributed by atoms with van der Waals surface area (Å²) >= 11 is 0. The molecule has 0 N–H and O–H groups in total. The minimum Gasteiger partial charge on any atom is -0.481 e. The van der Waals surface area contributed by atoms with Crippen molar-refractivity contribution >= 4 is 17.6 Å². The summed E-state index contributed by atoms with van der Waals surface area (Å²) < 4.78 is 19.1. The van der Waals surface area contributed by atoms with Crippen LogP contribution in [0.1, 0.15) is 34.6 Å². The third-order valence-corrected chi connectivity index (χ3v) is 6.09. The number of hydrogen-bond donors (Lipinski definition) is 0. The molecule has 2 aliphatic heterocycles. The van der Waals surface area contributed by atoms with E-state index in [1.165, 1.54) is 17.0 Å². The molecule has 6 nitrogen and oxygen atoms in total. The van der Waals surface area contributed by atoms with Crippen molar-refractivity contribution in [3.05, 3.63) is 65.5 Å². The van der Waals surface area contributed by atoms with Crippen LogP contribution >= 0.6 is 0 Å². The molecule has 1 fully saturated rings. The van der Waals surface area contributed by atoms with Gasteiger partial charge in [-0.3, -0.25) is 14.4 Å². The van der Waals surface area contributed by atoms with Crippen LogP contribution in [-0.2, 0) is 4.79 Å². The molecule has 0 bridgehead atoms. The highest BCUT2D eigenvalue weighted by Gasteiger charge is 2.55. The van der Waals surface area contributed by atoms with Crippen LogP contribution in [0.3, 0.4) is 0 Å². The fourth-order valence-electron chi connectivity index (χ4n) is 4.46. The molecule has 2 aromatic carbocycles. The zero-order valence-electron chi connectivity index (χ0n) is 16.9. The summed E-state index contributed by atoms with van der Waals surface area (Å²) in [4.78, 5) is 42.6. The fourth-order valence-corrected chi connectivity index (χ4v) is 4.46. The molecule has 0 radical (unpaired) electrons. The smallest absolute Gasteiger partial charge is 0.260 e. The molecule has 1 saturated heterocycles. The number of carbonyl (C=O) groups excluding carboxylic acids is 3. The highest BCUT2D eigenvalue weighted by atomic mass is 19.1. The normalized spacial score (nSPS) is 23.1. The quantitative estimate of drug-likeness (QED) is 0.778. The number of ketones is 1. The van der Waals surface area contributed by atoms with Crippen LogP contribution < -0.4 is 4.74 Å². The van der Waals surface area contributed by atoms with Crippen molar-refractivity contribution in [2.75, 3.05) is 26.2 Å². The summed E-state index contributed by atoms with van der Waals surface area (Å²) in [5.41, 5.74) is -0.130. The van der Waals surface area contributed by atoms with E-state index in [1.807, 2.05) is 13.8 Å². The van der Waals surface area contributed by atoms with Crippen molar-refractivity contribution in [2.24, 2.45) is 5.41 Å². The number of likely N-dealkylation sites (tertiary alicyclic amines) is 1. The zero-order chi connectivity index (χ0) is 21.5. The van der Waals surface area contributed by atoms with Gasteiger partial charge in [0, 0.05) is 25.2 Å². The first-order valence-electron chi connectivity index (χ1n) is 9.96. The number of ether oxygens (including phenoxy) is 1. The second-order valence-electron chi connectivity index (χ2n) is 7.89. The van der Waals surface area contributed by atoms with E-state index < -0.39 is 17.3 Å². The van der Waals surface area contributed by atoms with Crippen LogP contribution in [-0.4, -0.2) is 59.7 Å². The molecule has 7 heteroatoms. The molecule has 0 unspecified atom stereocenters. The molecule has 0 saturated carbocycles. The van der Waals surface area contributed by atoms with Crippen LogP contribution in [0.25, 0.3) is 0 Å². The SMILES string of the molecule is CCN1C(=O)c2ccccc2C(=O)[C@@]2(C)CN(C(=O)COc3ccccc3F)C[C@@H]12. The minimum absolute atomic E-state index is 0.000779. The van der Waals surface area contributed by atoms with Gasteiger partial charge in [0.05, 0.1) is 17.0 Å². The van der Waals surface area contributed by atoms with Crippen molar-refractivity contribution in [2.45, 2.75) is 19.9 Å². The van der Waals surface area contributed by atoms with Crippen molar-refractivity contribution in [3.8, 4) is 5.75 Å². The van der Waals surface area contributed by atoms with E-state index in [0.29, 0.717) is 17.7 Å². The second kappa shape index (κ2) is 7.55. The zero-order valence-corrected chi connectivity index (χ0v) is 16.9. The number of nitrogens with zero attached hydrogens (tertiary/aromatic N) is 2. The van der Waals surface area contributed by atoms with Gasteiger partial charge >= 0.3 is 0 Å². The van der Waals surface area contributed by atoms with E-state index in [-0.39, 0.29) is 43.0 Å². The minimum atomic E-state index is -0.925. The number of para-hydroxylation sites is 1. The fraction of sp³-hybridized carbons (Fsp3) is 0.348. The molecule has 2 amide bonds. The van der Waals surface area contributed by atoms with Gasteiger partial charge in [0.15, 0.2) is 24.0 Å². The Labute approximate surface area is 174 Å². The largest absolute Gasteiger partial charge is 0.481 e. The second-order valence-corrected chi connectivity index (χ2v) is 7.89. The number of rotatable bonds is 4. The maximum atomic E-state index is 13.8. The van der Waals surface area contributed by atoms with E-state index in [0.717, 1.165) is 0 Å². The lowest BCUT2D eigenvalue weighted by Gasteiger charge is -2.34. The number of halogens is 1. The standard InChI is InChI=1S/C23H23FN2O4/c1-3-26-19-12-25(20(27)13-30-18-11-7-6-10-17(18)24)14-23(19,2)21(28)15-8-4-5-9-16(15)22(26)29/h4-11,19H,3,12-14H2,1-2H3/t19-,23+/m1/s1. The van der Waals surface area contributed by atoms with Gasteiger partial charge in [-0.1, -0.05) is 30.3 Å². The molecule has 0 aliphatic carbocycles. The van der Waals surface area contributed by atoms with E-state index >= 15 is 0 Å². The predicted octanol–water partition coefficient (Wildman–Crippen LogP) is 2.78. The average molecular weight is 410 g/mol. The Hall–Kier alpha value is -3.22. The Morgan fingerprint density at radius 1 is 1.13 bits per heavy atom. The lowest BCUT2D eigenvalue weighted by molar-refractivity contribution is -0.132. The Balaban J connectivity index is 1.59. The predicted molar refractivity (Wildman–Crippen MR) is 108 cm³/mol. The molecule has 0 spiro atoms. The lowest BCUT2D eigenvalue weighted by Crippen LogP contribution is -2.49. The number of carbonyl (C=O) groups is 3. The van der Waals surface area contributed by atoms with Crippen LogP contribution in [0.15, 0.2) is 48.5 Å². The van der Waals surface area contributed by atoms with Crippen LogP contribution in [0, 0.1) is 11.2 Å². The average Bonchev–Trinajstić information content (AvgIpc) is 3.09. The van der Waals surface area contributed by atoms with Crippen LogP contribution in [0.5, 0.6) is 5.75 Å². The Bertz CT molecular complexity index is 1020. The van der Waals surface area contributed by atoms with Gasteiger partial charge in [0.25, 0.3) is 11.8 Å². The maximum Gasteiger partial charge on any atom is 0.260 e.